The molecule has 0 atom stereocenters. The van der Waals surface area contributed by atoms with Gasteiger partial charge in [-0.25, -0.2) is 4.98 Å². The van der Waals surface area contributed by atoms with Crippen LogP contribution >= 0.6 is 11.3 Å². The number of rotatable bonds is 4. The lowest BCUT2D eigenvalue weighted by Crippen LogP contribution is -2.23. The lowest BCUT2D eigenvalue weighted by molar-refractivity contribution is 0.0954. The van der Waals surface area contributed by atoms with Crippen molar-refractivity contribution < 1.29 is 4.79 Å². The van der Waals surface area contributed by atoms with E-state index in [2.05, 4.69) is 15.4 Å². The topological polar surface area (TPSA) is 59.8 Å². The third-order valence-corrected chi connectivity index (χ3v) is 4.49. The molecule has 23 heavy (non-hydrogen) atoms. The quantitative estimate of drug-likeness (QED) is 0.801. The fourth-order valence-electron chi connectivity index (χ4n) is 2.45. The third-order valence-electron chi connectivity index (χ3n) is 3.52. The molecule has 0 aliphatic heterocycles. The average Bonchev–Trinajstić information content (AvgIpc) is 3.08. The molecule has 0 fully saturated rings. The molecule has 2 heterocycles. The minimum atomic E-state index is -0.103. The van der Waals surface area contributed by atoms with Crippen LogP contribution < -0.4 is 5.32 Å². The van der Waals surface area contributed by atoms with Crippen LogP contribution in [0.4, 0.5) is 0 Å². The van der Waals surface area contributed by atoms with Crippen molar-refractivity contribution >= 4 is 17.2 Å². The Labute approximate surface area is 139 Å². The molecule has 0 unspecified atom stereocenters. The first-order chi connectivity index (χ1) is 11.0. The zero-order chi connectivity index (χ0) is 16.4. The number of thiazole rings is 1. The summed E-state index contributed by atoms with van der Waals surface area (Å²) in [6, 6.07) is 11.8. The highest BCUT2D eigenvalue weighted by atomic mass is 32.1. The van der Waals surface area contributed by atoms with E-state index in [0.29, 0.717) is 11.4 Å². The van der Waals surface area contributed by atoms with E-state index >= 15 is 0 Å². The molecule has 0 spiro atoms. The summed E-state index contributed by atoms with van der Waals surface area (Å²) in [6.07, 6.45) is 0. The predicted octanol–water partition coefficient (Wildman–Crippen LogP) is 3.09. The monoisotopic (exact) mass is 326 g/mol. The van der Waals surface area contributed by atoms with Gasteiger partial charge in [0.2, 0.25) is 0 Å². The summed E-state index contributed by atoms with van der Waals surface area (Å²) in [4.78, 5) is 17.7. The Balaban J connectivity index is 1.81. The van der Waals surface area contributed by atoms with Gasteiger partial charge in [-0.15, -0.1) is 11.3 Å². The second kappa shape index (κ2) is 6.34. The zero-order valence-electron chi connectivity index (χ0n) is 13.3. The third kappa shape index (κ3) is 3.32. The van der Waals surface area contributed by atoms with E-state index < -0.39 is 0 Å². The second-order valence-electron chi connectivity index (χ2n) is 5.36. The predicted molar refractivity (Wildman–Crippen MR) is 91.4 cm³/mol. The van der Waals surface area contributed by atoms with Crippen molar-refractivity contribution in [2.45, 2.75) is 20.4 Å². The maximum Gasteiger partial charge on any atom is 0.263 e. The largest absolute Gasteiger partial charge is 0.346 e. The summed E-state index contributed by atoms with van der Waals surface area (Å²) in [5.74, 6) is -0.103. The standard InChI is InChI=1S/C17H18N4OS/c1-11-9-14(21(3)20-11)10-18-17(22)16-15(19-12(2)23-16)13-7-5-4-6-8-13/h4-9H,10H2,1-3H3,(H,18,22). The average molecular weight is 326 g/mol. The number of nitrogens with zero attached hydrogens (tertiary/aromatic N) is 3. The summed E-state index contributed by atoms with van der Waals surface area (Å²) in [5.41, 5.74) is 3.61. The Morgan fingerprint density at radius 2 is 2.00 bits per heavy atom. The van der Waals surface area contributed by atoms with Gasteiger partial charge in [0.1, 0.15) is 4.88 Å². The molecule has 1 aromatic carbocycles. The number of carbonyl (C=O) groups is 1. The number of amides is 1. The molecule has 3 aromatic rings. The van der Waals surface area contributed by atoms with Crippen LogP contribution in [0.25, 0.3) is 11.3 Å². The van der Waals surface area contributed by atoms with E-state index in [9.17, 15) is 4.79 Å². The molecule has 6 heteroatoms. The second-order valence-corrected chi connectivity index (χ2v) is 6.56. The number of carbonyl (C=O) groups excluding carboxylic acids is 1. The molecule has 1 N–H and O–H groups in total. The van der Waals surface area contributed by atoms with E-state index in [-0.39, 0.29) is 5.91 Å². The van der Waals surface area contributed by atoms with Crippen molar-refractivity contribution in [2.75, 3.05) is 0 Å². The molecule has 2 aromatic heterocycles. The lowest BCUT2D eigenvalue weighted by atomic mass is 10.1. The van der Waals surface area contributed by atoms with Gasteiger partial charge in [0.25, 0.3) is 5.91 Å². The van der Waals surface area contributed by atoms with Crippen molar-refractivity contribution in [3.8, 4) is 11.3 Å². The molecule has 3 rings (SSSR count). The van der Waals surface area contributed by atoms with Crippen LogP contribution in [0, 0.1) is 13.8 Å². The van der Waals surface area contributed by atoms with Gasteiger partial charge < -0.3 is 5.32 Å². The van der Waals surface area contributed by atoms with Gasteiger partial charge in [0.15, 0.2) is 0 Å². The molecule has 0 aliphatic rings. The van der Waals surface area contributed by atoms with Gasteiger partial charge in [-0.05, 0) is 19.9 Å². The molecule has 5 nitrogen and oxygen atoms in total. The van der Waals surface area contributed by atoms with Gasteiger partial charge in [-0.2, -0.15) is 5.10 Å². The van der Waals surface area contributed by atoms with Crippen LogP contribution in [0.5, 0.6) is 0 Å². The Morgan fingerprint density at radius 3 is 2.65 bits per heavy atom. The van der Waals surface area contributed by atoms with Crippen molar-refractivity contribution in [3.05, 3.63) is 57.7 Å². The van der Waals surface area contributed by atoms with Gasteiger partial charge in [0.05, 0.1) is 28.6 Å². The summed E-state index contributed by atoms with van der Waals surface area (Å²) < 4.78 is 1.78. The van der Waals surface area contributed by atoms with Crippen LogP contribution in [0.15, 0.2) is 36.4 Å². The fraction of sp³-hybridized carbons (Fsp3) is 0.235. The van der Waals surface area contributed by atoms with E-state index in [1.54, 1.807) is 4.68 Å². The molecule has 0 bridgehead atoms. The van der Waals surface area contributed by atoms with E-state index in [1.807, 2.05) is 57.3 Å². The highest BCUT2D eigenvalue weighted by Crippen LogP contribution is 2.27. The van der Waals surface area contributed by atoms with Crippen LogP contribution in [0.2, 0.25) is 0 Å². The van der Waals surface area contributed by atoms with Crippen molar-refractivity contribution in [2.24, 2.45) is 7.05 Å². The lowest BCUT2D eigenvalue weighted by Gasteiger charge is -2.06. The highest BCUT2D eigenvalue weighted by molar-refractivity contribution is 7.14. The van der Waals surface area contributed by atoms with Crippen LogP contribution in [-0.4, -0.2) is 20.7 Å². The molecule has 0 radical (unpaired) electrons. The highest BCUT2D eigenvalue weighted by Gasteiger charge is 2.18. The van der Waals surface area contributed by atoms with Gasteiger partial charge in [0, 0.05) is 12.6 Å². The van der Waals surface area contributed by atoms with Crippen LogP contribution in [-0.2, 0) is 13.6 Å². The van der Waals surface area contributed by atoms with Crippen molar-refractivity contribution in [3.63, 3.8) is 0 Å². The molecular formula is C17H18N4OS. The van der Waals surface area contributed by atoms with Gasteiger partial charge in [-0.3, -0.25) is 9.48 Å². The first kappa shape index (κ1) is 15.4. The minimum absolute atomic E-state index is 0.103. The fourth-order valence-corrected chi connectivity index (χ4v) is 3.31. The minimum Gasteiger partial charge on any atom is -0.346 e. The van der Waals surface area contributed by atoms with Crippen LogP contribution in [0.1, 0.15) is 26.1 Å². The molecule has 0 saturated heterocycles. The Hall–Kier alpha value is -2.47. The maximum atomic E-state index is 12.6. The Bertz CT molecular complexity index is 836. The van der Waals surface area contributed by atoms with Gasteiger partial charge >= 0.3 is 0 Å². The number of hydrogen-bond acceptors (Lipinski definition) is 4. The normalized spacial score (nSPS) is 10.7. The number of hydrogen-bond donors (Lipinski definition) is 1. The molecule has 0 aliphatic carbocycles. The van der Waals surface area contributed by atoms with Gasteiger partial charge in [-0.1, -0.05) is 30.3 Å². The van der Waals surface area contributed by atoms with E-state index in [4.69, 9.17) is 0 Å². The zero-order valence-corrected chi connectivity index (χ0v) is 14.1. The summed E-state index contributed by atoms with van der Waals surface area (Å²) in [6.45, 7) is 4.30. The number of nitrogens with one attached hydrogen (secondary N) is 1. The Kier molecular flexibility index (Phi) is 4.25. The molecule has 118 valence electrons. The van der Waals surface area contributed by atoms with Crippen molar-refractivity contribution in [1.29, 1.82) is 0 Å². The SMILES string of the molecule is Cc1cc(CNC(=O)c2sc(C)nc2-c2ccccc2)n(C)n1. The first-order valence-electron chi connectivity index (χ1n) is 7.35. The summed E-state index contributed by atoms with van der Waals surface area (Å²) >= 11 is 1.42. The maximum absolute atomic E-state index is 12.6. The first-order valence-corrected chi connectivity index (χ1v) is 8.17. The Morgan fingerprint density at radius 1 is 1.26 bits per heavy atom. The number of aryl methyl sites for hydroxylation is 3. The van der Waals surface area contributed by atoms with E-state index in [0.717, 1.165) is 27.7 Å². The van der Waals surface area contributed by atoms with Crippen LogP contribution in [0.3, 0.4) is 0 Å². The van der Waals surface area contributed by atoms with Crippen molar-refractivity contribution in [1.82, 2.24) is 20.1 Å². The summed E-state index contributed by atoms with van der Waals surface area (Å²) in [5, 5.41) is 8.13. The molecular weight excluding hydrogens is 308 g/mol. The smallest absolute Gasteiger partial charge is 0.263 e. The van der Waals surface area contributed by atoms with E-state index in [1.165, 1.54) is 11.3 Å². The number of aromatic nitrogens is 3. The molecule has 0 saturated carbocycles. The molecule has 1 amide bonds. The number of benzene rings is 1. The summed E-state index contributed by atoms with van der Waals surface area (Å²) in [7, 11) is 1.88.